The van der Waals surface area contributed by atoms with Crippen molar-refractivity contribution in [3.05, 3.63) is 0 Å². The average molecular weight is 212 g/mol. The van der Waals surface area contributed by atoms with Crippen molar-refractivity contribution in [3.8, 4) is 0 Å². The summed E-state index contributed by atoms with van der Waals surface area (Å²) >= 11 is 0. The average Bonchev–Trinajstić information content (AvgIpc) is 2.18. The van der Waals surface area contributed by atoms with Crippen molar-refractivity contribution >= 4 is 0 Å². The molecule has 1 aliphatic rings. The van der Waals surface area contributed by atoms with Gasteiger partial charge in [0.25, 0.3) is 0 Å². The molecule has 0 aromatic heterocycles. The minimum Gasteiger partial charge on any atom is -0.324 e. The summed E-state index contributed by atoms with van der Waals surface area (Å²) in [5.41, 5.74) is 6.55. The van der Waals surface area contributed by atoms with Gasteiger partial charge in [0, 0.05) is 12.1 Å². The Bertz CT molecular complexity index is 162. The second-order valence-corrected chi connectivity index (χ2v) is 5.37. The molecule has 0 bridgehead atoms. The first-order chi connectivity index (χ1) is 7.16. The van der Waals surface area contributed by atoms with Gasteiger partial charge in [-0.2, -0.15) is 0 Å². The SMILES string of the molecule is CCCCCN(C)CC1(N)CCCCC1. The van der Waals surface area contributed by atoms with Crippen LogP contribution >= 0.6 is 0 Å². The van der Waals surface area contributed by atoms with E-state index in [1.807, 2.05) is 0 Å². The Labute approximate surface area is 95.2 Å². The van der Waals surface area contributed by atoms with Crippen molar-refractivity contribution in [2.45, 2.75) is 63.8 Å². The largest absolute Gasteiger partial charge is 0.324 e. The molecule has 2 nitrogen and oxygen atoms in total. The van der Waals surface area contributed by atoms with Gasteiger partial charge in [-0.05, 0) is 32.9 Å². The predicted molar refractivity (Wildman–Crippen MR) is 67.0 cm³/mol. The maximum Gasteiger partial charge on any atom is 0.0283 e. The fraction of sp³-hybridized carbons (Fsp3) is 1.00. The molecule has 0 spiro atoms. The highest BCUT2D eigenvalue weighted by Gasteiger charge is 2.28. The Balaban J connectivity index is 2.20. The van der Waals surface area contributed by atoms with Crippen molar-refractivity contribution in [1.82, 2.24) is 4.90 Å². The lowest BCUT2D eigenvalue weighted by Crippen LogP contribution is -2.50. The Morgan fingerprint density at radius 1 is 1.13 bits per heavy atom. The Morgan fingerprint density at radius 3 is 2.40 bits per heavy atom. The molecule has 2 heteroatoms. The maximum atomic E-state index is 6.42. The van der Waals surface area contributed by atoms with E-state index in [1.54, 1.807) is 0 Å². The smallest absolute Gasteiger partial charge is 0.0283 e. The van der Waals surface area contributed by atoms with Crippen molar-refractivity contribution in [2.75, 3.05) is 20.1 Å². The fourth-order valence-corrected chi connectivity index (χ4v) is 2.66. The molecule has 0 amide bonds. The van der Waals surface area contributed by atoms with Crippen LogP contribution in [-0.4, -0.2) is 30.6 Å². The molecular weight excluding hydrogens is 184 g/mol. The van der Waals surface area contributed by atoms with E-state index in [0.717, 1.165) is 6.54 Å². The van der Waals surface area contributed by atoms with Crippen molar-refractivity contribution in [3.63, 3.8) is 0 Å². The molecule has 0 aromatic rings. The minimum absolute atomic E-state index is 0.124. The first kappa shape index (κ1) is 13.0. The van der Waals surface area contributed by atoms with Gasteiger partial charge < -0.3 is 10.6 Å². The van der Waals surface area contributed by atoms with Crippen LogP contribution in [0.15, 0.2) is 0 Å². The summed E-state index contributed by atoms with van der Waals surface area (Å²) in [4.78, 5) is 2.43. The van der Waals surface area contributed by atoms with Crippen LogP contribution in [0.1, 0.15) is 58.3 Å². The molecule has 0 radical (unpaired) electrons. The summed E-state index contributed by atoms with van der Waals surface area (Å²) < 4.78 is 0. The van der Waals surface area contributed by atoms with Gasteiger partial charge in [0.15, 0.2) is 0 Å². The molecule has 1 aliphatic carbocycles. The molecule has 0 aliphatic heterocycles. The third-order valence-corrected chi connectivity index (χ3v) is 3.58. The Morgan fingerprint density at radius 2 is 1.80 bits per heavy atom. The highest BCUT2D eigenvalue weighted by atomic mass is 15.1. The molecule has 0 heterocycles. The molecule has 1 rings (SSSR count). The third-order valence-electron chi connectivity index (χ3n) is 3.58. The van der Waals surface area contributed by atoms with E-state index in [2.05, 4.69) is 18.9 Å². The summed E-state index contributed by atoms with van der Waals surface area (Å²) in [6.45, 7) is 4.56. The summed E-state index contributed by atoms with van der Waals surface area (Å²) in [6.07, 6.45) is 10.5. The van der Waals surface area contributed by atoms with Gasteiger partial charge in [0.05, 0.1) is 0 Å². The third kappa shape index (κ3) is 4.98. The van der Waals surface area contributed by atoms with Gasteiger partial charge in [0.1, 0.15) is 0 Å². The van der Waals surface area contributed by atoms with Crippen molar-refractivity contribution in [1.29, 1.82) is 0 Å². The Kier molecular flexibility index (Phi) is 5.62. The molecule has 1 fully saturated rings. The fourth-order valence-electron chi connectivity index (χ4n) is 2.66. The number of hydrogen-bond acceptors (Lipinski definition) is 2. The molecule has 0 aromatic carbocycles. The van der Waals surface area contributed by atoms with Gasteiger partial charge in [-0.3, -0.25) is 0 Å². The quantitative estimate of drug-likeness (QED) is 0.686. The summed E-state index contributed by atoms with van der Waals surface area (Å²) in [5.74, 6) is 0. The number of nitrogens with two attached hydrogens (primary N) is 1. The van der Waals surface area contributed by atoms with Gasteiger partial charge >= 0.3 is 0 Å². The number of hydrogen-bond donors (Lipinski definition) is 1. The highest BCUT2D eigenvalue weighted by Crippen LogP contribution is 2.26. The van der Waals surface area contributed by atoms with Gasteiger partial charge in [0.2, 0.25) is 0 Å². The summed E-state index contributed by atoms with van der Waals surface area (Å²) in [5, 5.41) is 0. The van der Waals surface area contributed by atoms with Gasteiger partial charge in [-0.1, -0.05) is 39.0 Å². The lowest BCUT2D eigenvalue weighted by atomic mass is 9.82. The van der Waals surface area contributed by atoms with Crippen LogP contribution in [0.2, 0.25) is 0 Å². The minimum atomic E-state index is 0.124. The van der Waals surface area contributed by atoms with Crippen molar-refractivity contribution < 1.29 is 0 Å². The lowest BCUT2D eigenvalue weighted by Gasteiger charge is -2.36. The van der Waals surface area contributed by atoms with E-state index in [-0.39, 0.29) is 5.54 Å². The number of unbranched alkanes of at least 4 members (excludes halogenated alkanes) is 2. The van der Waals surface area contributed by atoms with Gasteiger partial charge in [-0.25, -0.2) is 0 Å². The first-order valence-corrected chi connectivity index (χ1v) is 6.64. The zero-order valence-electron chi connectivity index (χ0n) is 10.6. The standard InChI is InChI=1S/C13H28N2/c1-3-4-8-11-15(2)12-13(14)9-6-5-7-10-13/h3-12,14H2,1-2H3. The van der Waals surface area contributed by atoms with Crippen LogP contribution in [0.25, 0.3) is 0 Å². The zero-order valence-corrected chi connectivity index (χ0v) is 10.6. The lowest BCUT2D eigenvalue weighted by molar-refractivity contribution is 0.196. The molecule has 15 heavy (non-hydrogen) atoms. The molecule has 90 valence electrons. The Hall–Kier alpha value is -0.0800. The normalized spacial score (nSPS) is 20.8. The van der Waals surface area contributed by atoms with E-state index in [1.165, 1.54) is 57.9 Å². The van der Waals surface area contributed by atoms with Gasteiger partial charge in [-0.15, -0.1) is 0 Å². The molecule has 1 saturated carbocycles. The van der Waals surface area contributed by atoms with Crippen LogP contribution in [-0.2, 0) is 0 Å². The van der Waals surface area contributed by atoms with Crippen LogP contribution in [0.3, 0.4) is 0 Å². The van der Waals surface area contributed by atoms with Crippen LogP contribution < -0.4 is 5.73 Å². The van der Waals surface area contributed by atoms with Crippen LogP contribution in [0.4, 0.5) is 0 Å². The highest BCUT2D eigenvalue weighted by molar-refractivity contribution is 4.89. The predicted octanol–water partition coefficient (Wildman–Crippen LogP) is 2.77. The van der Waals surface area contributed by atoms with E-state index >= 15 is 0 Å². The number of rotatable bonds is 6. The molecular formula is C13H28N2. The first-order valence-electron chi connectivity index (χ1n) is 6.64. The molecule has 0 saturated heterocycles. The zero-order chi connectivity index (χ0) is 11.1. The van der Waals surface area contributed by atoms with Crippen LogP contribution in [0, 0.1) is 0 Å². The summed E-state index contributed by atoms with van der Waals surface area (Å²) in [6, 6.07) is 0. The molecule has 2 N–H and O–H groups in total. The molecule has 0 unspecified atom stereocenters. The van der Waals surface area contributed by atoms with Crippen molar-refractivity contribution in [2.24, 2.45) is 5.73 Å². The van der Waals surface area contributed by atoms with E-state index in [4.69, 9.17) is 5.73 Å². The van der Waals surface area contributed by atoms with Crippen LogP contribution in [0.5, 0.6) is 0 Å². The number of likely N-dealkylation sites (N-methyl/N-ethyl adjacent to an activating group) is 1. The molecule has 0 atom stereocenters. The second kappa shape index (κ2) is 6.49. The monoisotopic (exact) mass is 212 g/mol. The topological polar surface area (TPSA) is 29.3 Å². The van der Waals surface area contributed by atoms with E-state index < -0.39 is 0 Å². The second-order valence-electron chi connectivity index (χ2n) is 5.37. The van der Waals surface area contributed by atoms with E-state index in [0.29, 0.717) is 0 Å². The number of nitrogens with zero attached hydrogens (tertiary/aromatic N) is 1. The summed E-state index contributed by atoms with van der Waals surface area (Å²) in [7, 11) is 2.22. The van der Waals surface area contributed by atoms with E-state index in [9.17, 15) is 0 Å². The maximum absolute atomic E-state index is 6.42.